The van der Waals surface area contributed by atoms with E-state index in [-0.39, 0.29) is 25.4 Å². The molecule has 0 aromatic carbocycles. The fraction of sp³-hybridized carbons (Fsp3) is 0.909. The Kier molecular flexibility index (Phi) is 7.99. The summed E-state index contributed by atoms with van der Waals surface area (Å²) >= 11 is 0. The molecule has 2 radical (unpaired) electrons. The summed E-state index contributed by atoms with van der Waals surface area (Å²) < 4.78 is 15.0. The highest BCUT2D eigenvalue weighted by Gasteiger charge is 2.22. The summed E-state index contributed by atoms with van der Waals surface area (Å²) in [6.07, 6.45) is 2.89. The van der Waals surface area contributed by atoms with Crippen LogP contribution in [0.2, 0.25) is 0 Å². The van der Waals surface area contributed by atoms with Gasteiger partial charge in [-0.3, -0.25) is 0 Å². The molecule has 1 heterocycles. The van der Waals surface area contributed by atoms with Gasteiger partial charge in [-0.25, -0.2) is 0 Å². The zero-order valence-corrected chi connectivity index (χ0v) is 10.7. The summed E-state index contributed by atoms with van der Waals surface area (Å²) in [5, 5.41) is 12.7. The number of aliphatic hydroxyl groups excluding tert-OH is 1. The minimum Gasteiger partial charge on any atom is -0.441 e. The van der Waals surface area contributed by atoms with Gasteiger partial charge in [0.2, 0.25) is 0 Å². The van der Waals surface area contributed by atoms with E-state index >= 15 is 0 Å². The summed E-state index contributed by atoms with van der Waals surface area (Å²) in [5.41, 5.74) is 0. The Labute approximate surface area is 109 Å². The minimum atomic E-state index is -0.487. The van der Waals surface area contributed by atoms with Crippen molar-refractivity contribution in [1.29, 1.82) is 0 Å². The Morgan fingerprint density at radius 1 is 1.56 bits per heavy atom. The molecule has 0 amide bonds. The van der Waals surface area contributed by atoms with Crippen LogP contribution in [0.15, 0.2) is 5.16 Å². The molecule has 1 aliphatic heterocycles. The smallest absolute Gasteiger partial charge is 0.283 e. The predicted molar refractivity (Wildman–Crippen MR) is 66.5 cm³/mol. The van der Waals surface area contributed by atoms with E-state index in [0.29, 0.717) is 13.0 Å². The zero-order valence-electron chi connectivity index (χ0n) is 10.7. The van der Waals surface area contributed by atoms with Crippen molar-refractivity contribution in [2.45, 2.75) is 38.1 Å². The lowest BCUT2D eigenvalue weighted by Crippen LogP contribution is -2.26. The van der Waals surface area contributed by atoms with Crippen molar-refractivity contribution in [3.8, 4) is 0 Å². The number of rotatable bonds is 11. The van der Waals surface area contributed by atoms with Gasteiger partial charge in [-0.2, -0.15) is 0 Å². The maximum atomic E-state index is 8.87. The van der Waals surface area contributed by atoms with Crippen molar-refractivity contribution < 1.29 is 24.1 Å². The first-order chi connectivity index (χ1) is 8.80. The number of aliphatic hydroxyl groups is 1. The third-order valence-electron chi connectivity index (χ3n) is 2.55. The van der Waals surface area contributed by atoms with Crippen LogP contribution in [-0.4, -0.2) is 64.1 Å². The van der Waals surface area contributed by atoms with E-state index in [2.05, 4.69) is 9.81 Å². The Bertz CT molecular complexity index is 233. The Morgan fingerprint density at radius 2 is 2.33 bits per heavy atom. The molecule has 7 heteroatoms. The van der Waals surface area contributed by atoms with Gasteiger partial charge in [0.15, 0.2) is 0 Å². The predicted octanol–water partition coefficient (Wildman–Crippen LogP) is 0.0339. The van der Waals surface area contributed by atoms with Gasteiger partial charge in [0, 0.05) is 12.6 Å². The van der Waals surface area contributed by atoms with E-state index in [1.54, 1.807) is 6.21 Å². The molecule has 0 bridgehead atoms. The van der Waals surface area contributed by atoms with Gasteiger partial charge in [0.05, 0.1) is 32.0 Å². The van der Waals surface area contributed by atoms with Gasteiger partial charge in [0.1, 0.15) is 12.7 Å². The van der Waals surface area contributed by atoms with E-state index in [9.17, 15) is 0 Å². The van der Waals surface area contributed by atoms with Gasteiger partial charge in [-0.15, -0.1) is 0 Å². The van der Waals surface area contributed by atoms with Crippen LogP contribution in [0.1, 0.15) is 19.8 Å². The normalized spacial score (nSPS) is 22.0. The molecule has 3 unspecified atom stereocenters. The minimum absolute atomic E-state index is 0.0127. The van der Waals surface area contributed by atoms with Crippen LogP contribution in [0.5, 0.6) is 0 Å². The fourth-order valence-corrected chi connectivity index (χ4v) is 1.23. The summed E-state index contributed by atoms with van der Waals surface area (Å²) in [6, 6.07) is 0. The standard InChI is InChI=1S/C11H20BNO5/c1-2-9(15-6-10(5-14)18-12)3-4-13-17-8-11-7-16-11/h4,9-11,14H,2-3,5-8H2,1H3/b13-4+. The van der Waals surface area contributed by atoms with Crippen LogP contribution in [0.3, 0.4) is 0 Å². The van der Waals surface area contributed by atoms with Crippen molar-refractivity contribution in [1.82, 2.24) is 0 Å². The molecule has 0 aliphatic carbocycles. The lowest BCUT2D eigenvalue weighted by Gasteiger charge is -2.18. The first kappa shape index (κ1) is 15.4. The Morgan fingerprint density at radius 3 is 2.89 bits per heavy atom. The average molecular weight is 257 g/mol. The molecule has 1 aliphatic rings. The number of hydrogen-bond donors (Lipinski definition) is 1. The van der Waals surface area contributed by atoms with E-state index < -0.39 is 6.10 Å². The molecular weight excluding hydrogens is 237 g/mol. The van der Waals surface area contributed by atoms with Crippen LogP contribution in [-0.2, 0) is 19.0 Å². The highest BCUT2D eigenvalue weighted by molar-refractivity contribution is 5.98. The molecule has 1 saturated heterocycles. The summed E-state index contributed by atoms with van der Waals surface area (Å²) in [4.78, 5) is 5.02. The third-order valence-corrected chi connectivity index (χ3v) is 2.55. The molecule has 3 atom stereocenters. The molecule has 0 saturated carbocycles. The summed E-state index contributed by atoms with van der Waals surface area (Å²) in [5.74, 6) is 0. The van der Waals surface area contributed by atoms with Crippen molar-refractivity contribution in [3.63, 3.8) is 0 Å². The molecule has 1 N–H and O–H groups in total. The Hall–Kier alpha value is -0.625. The first-order valence-electron chi connectivity index (χ1n) is 6.13. The van der Waals surface area contributed by atoms with Crippen LogP contribution >= 0.6 is 0 Å². The third kappa shape index (κ3) is 6.95. The topological polar surface area (TPSA) is 72.8 Å². The molecule has 1 fully saturated rings. The van der Waals surface area contributed by atoms with Crippen molar-refractivity contribution in [2.75, 3.05) is 26.4 Å². The van der Waals surface area contributed by atoms with Gasteiger partial charge in [-0.1, -0.05) is 12.1 Å². The van der Waals surface area contributed by atoms with Crippen LogP contribution in [0, 0.1) is 0 Å². The quantitative estimate of drug-likeness (QED) is 0.245. The molecule has 102 valence electrons. The van der Waals surface area contributed by atoms with E-state index in [1.165, 1.54) is 0 Å². The van der Waals surface area contributed by atoms with E-state index in [0.717, 1.165) is 13.0 Å². The highest BCUT2D eigenvalue weighted by atomic mass is 16.7. The lowest BCUT2D eigenvalue weighted by molar-refractivity contribution is -0.0140. The number of epoxide rings is 1. The van der Waals surface area contributed by atoms with Crippen LogP contribution in [0.4, 0.5) is 0 Å². The summed E-state index contributed by atoms with van der Waals surface area (Å²) in [6.45, 7) is 3.37. The second kappa shape index (κ2) is 9.32. The maximum Gasteiger partial charge on any atom is 0.283 e. The second-order valence-electron chi connectivity index (χ2n) is 4.08. The SMILES string of the molecule is [B]OC(CO)COC(CC)C/C=N/OCC1CO1. The second-order valence-corrected chi connectivity index (χ2v) is 4.08. The fourth-order valence-electron chi connectivity index (χ4n) is 1.23. The van der Waals surface area contributed by atoms with Crippen LogP contribution in [0.25, 0.3) is 0 Å². The molecule has 0 aromatic heterocycles. The largest absolute Gasteiger partial charge is 0.441 e. The summed E-state index contributed by atoms with van der Waals surface area (Å²) in [7, 11) is 4.99. The number of nitrogens with zero attached hydrogens (tertiary/aromatic N) is 1. The monoisotopic (exact) mass is 257 g/mol. The number of oxime groups is 1. The molecule has 0 spiro atoms. The van der Waals surface area contributed by atoms with E-state index in [4.69, 9.17) is 27.5 Å². The molecule has 0 aromatic rings. The molecule has 18 heavy (non-hydrogen) atoms. The molecular formula is C11H20BNO5. The van der Waals surface area contributed by atoms with Crippen molar-refractivity contribution in [2.24, 2.45) is 5.16 Å². The van der Waals surface area contributed by atoms with Crippen molar-refractivity contribution >= 4 is 14.3 Å². The average Bonchev–Trinajstić information content (AvgIpc) is 3.21. The van der Waals surface area contributed by atoms with Gasteiger partial charge < -0.3 is 24.1 Å². The van der Waals surface area contributed by atoms with Crippen molar-refractivity contribution in [3.05, 3.63) is 0 Å². The van der Waals surface area contributed by atoms with E-state index in [1.807, 2.05) is 6.92 Å². The number of ether oxygens (including phenoxy) is 2. The van der Waals surface area contributed by atoms with Gasteiger partial charge >= 0.3 is 0 Å². The molecule has 1 rings (SSSR count). The highest BCUT2D eigenvalue weighted by Crippen LogP contribution is 2.08. The van der Waals surface area contributed by atoms with Gasteiger partial charge in [-0.05, 0) is 6.42 Å². The first-order valence-corrected chi connectivity index (χ1v) is 6.13. The molecule has 6 nitrogen and oxygen atoms in total. The maximum absolute atomic E-state index is 8.87. The van der Waals surface area contributed by atoms with Crippen LogP contribution < -0.4 is 0 Å². The Balaban J connectivity index is 2.07. The lowest BCUT2D eigenvalue weighted by atomic mass is 10.2. The number of hydrogen-bond acceptors (Lipinski definition) is 6. The zero-order chi connectivity index (χ0) is 13.2. The van der Waals surface area contributed by atoms with Gasteiger partial charge in [0.25, 0.3) is 8.05 Å².